The lowest BCUT2D eigenvalue weighted by atomic mass is 9.33. The van der Waals surface area contributed by atoms with Crippen molar-refractivity contribution in [2.75, 3.05) is 10.6 Å². The molecule has 18 aromatic rings. The molecule has 0 aliphatic carbocycles. The van der Waals surface area contributed by atoms with Crippen molar-refractivity contribution in [3.63, 3.8) is 0 Å². The minimum Gasteiger partial charge on any atom is -0.356 e. The lowest BCUT2D eigenvalue weighted by Crippen LogP contribution is -2.59. The number of hydrogen-bond donors (Lipinski definition) is 2. The zero-order valence-corrected chi connectivity index (χ0v) is 70.6. The molecule has 20 rings (SSSR count). The van der Waals surface area contributed by atoms with Gasteiger partial charge in [-0.25, -0.2) is 0 Å². The highest BCUT2D eigenvalue weighted by Crippen LogP contribution is 2.54. The van der Waals surface area contributed by atoms with Crippen LogP contribution < -0.4 is 27.0 Å². The number of nitrogens with one attached hydrogen (secondary N) is 2. The Hall–Kier alpha value is -12.8. The first-order valence-corrected chi connectivity index (χ1v) is 42.3. The van der Waals surface area contributed by atoms with Crippen molar-refractivity contribution in [3.8, 4) is 94.7 Å². The molecular formula is C114H100BN3. The van der Waals surface area contributed by atoms with E-state index in [0.29, 0.717) is 0 Å². The highest BCUT2D eigenvalue weighted by Gasteiger charge is 2.43. The summed E-state index contributed by atoms with van der Waals surface area (Å²) in [5, 5.41) is 21.2. The number of benzene rings is 17. The Morgan fingerprint density at radius 3 is 0.881 bits per heavy atom. The van der Waals surface area contributed by atoms with E-state index in [1.807, 2.05) is 0 Å². The van der Waals surface area contributed by atoms with E-state index in [4.69, 9.17) is 0 Å². The summed E-state index contributed by atoms with van der Waals surface area (Å²) >= 11 is 0. The summed E-state index contributed by atoms with van der Waals surface area (Å²) in [5.41, 5.74) is 35.7. The van der Waals surface area contributed by atoms with Crippen LogP contribution in [0.3, 0.4) is 0 Å². The molecule has 3 nitrogen and oxygen atoms in total. The van der Waals surface area contributed by atoms with Gasteiger partial charge in [-0.2, -0.15) is 0 Å². The molecule has 0 bridgehead atoms. The quantitative estimate of drug-likeness (QED) is 0.141. The number of anilines is 4. The van der Waals surface area contributed by atoms with Crippen LogP contribution in [0.15, 0.2) is 322 Å². The first kappa shape index (κ1) is 74.1. The van der Waals surface area contributed by atoms with Crippen LogP contribution in [0.5, 0.6) is 0 Å². The van der Waals surface area contributed by atoms with Crippen molar-refractivity contribution in [2.45, 2.75) is 131 Å². The maximum absolute atomic E-state index is 4.57. The molecule has 0 spiro atoms. The Balaban J connectivity index is 0.992. The zero-order chi connectivity index (χ0) is 81.2. The molecule has 17 aromatic carbocycles. The van der Waals surface area contributed by atoms with Crippen LogP contribution in [0, 0.1) is 0 Å². The van der Waals surface area contributed by atoms with Gasteiger partial charge in [0.05, 0.1) is 16.7 Å². The van der Waals surface area contributed by atoms with Crippen molar-refractivity contribution >= 4 is 111 Å². The maximum Gasteiger partial charge on any atom is 0.252 e. The Bertz CT molecular complexity index is 6560. The molecule has 0 atom stereocenters. The Kier molecular flexibility index (Phi) is 17.2. The third-order valence-corrected chi connectivity index (χ3v) is 25.7. The highest BCUT2D eigenvalue weighted by atomic mass is 15.0. The summed E-state index contributed by atoms with van der Waals surface area (Å²) in [6, 6.07) is 124. The largest absolute Gasteiger partial charge is 0.356 e. The highest BCUT2D eigenvalue weighted by molar-refractivity contribution is 7.00. The first-order valence-electron chi connectivity index (χ1n) is 42.3. The second kappa shape index (κ2) is 27.4. The molecule has 3 heterocycles. The maximum atomic E-state index is 4.57. The fourth-order valence-corrected chi connectivity index (χ4v) is 19.3. The third kappa shape index (κ3) is 12.6. The Labute approximate surface area is 696 Å². The number of nitrogens with zero attached hydrogens (tertiary/aromatic N) is 1. The molecule has 2 aliphatic rings. The standard InChI is InChI=1S/C114H100BN3/c1-110(2,3)77-54-55-104-96(66-77)91-44-24-25-53-103(91)118(104)82-67-101-107-102(68-82)117-109-98(106-94(89-47-28-38-71-34-18-22-42-85(71)89)51-31-52-95(106)90-48-29-39-72-35-19-23-43-86(72)90)61-76(74-58-80(113(10,11)12)65-81(59-74)114(13,14)15)63-100(109)115(107)99-62-75(73-56-78(111(4,5)6)64-79(57-73)112(7,8)9)60-97(108(99)116-101)105-92(87-45-26-36-69-32-16-20-40-83(69)87)49-30-50-93(105)88-46-27-37-70-33-17-21-41-84(70)88/h16-68,116-117H,1-15H3. The Morgan fingerprint density at radius 2 is 0.525 bits per heavy atom. The van der Waals surface area contributed by atoms with Gasteiger partial charge in [0.25, 0.3) is 6.71 Å². The van der Waals surface area contributed by atoms with Gasteiger partial charge in [-0.15, -0.1) is 0 Å². The molecule has 118 heavy (non-hydrogen) atoms. The third-order valence-electron chi connectivity index (χ3n) is 25.7. The van der Waals surface area contributed by atoms with E-state index < -0.39 is 0 Å². The van der Waals surface area contributed by atoms with Crippen molar-refractivity contribution in [1.82, 2.24) is 4.57 Å². The molecule has 0 amide bonds. The molecule has 0 fully saturated rings. The number of hydrogen-bond acceptors (Lipinski definition) is 2. The number of rotatable bonds is 9. The van der Waals surface area contributed by atoms with E-state index in [0.717, 1.165) is 84.0 Å². The van der Waals surface area contributed by atoms with E-state index >= 15 is 0 Å². The second-order valence-electron chi connectivity index (χ2n) is 38.6. The van der Waals surface area contributed by atoms with Gasteiger partial charge >= 0.3 is 0 Å². The summed E-state index contributed by atoms with van der Waals surface area (Å²) in [6.45, 7) is 35.1. The topological polar surface area (TPSA) is 29.0 Å². The lowest BCUT2D eigenvalue weighted by molar-refractivity contribution is 0.568. The summed E-state index contributed by atoms with van der Waals surface area (Å²) < 4.78 is 2.54. The van der Waals surface area contributed by atoms with Crippen LogP contribution in [-0.4, -0.2) is 11.3 Å². The van der Waals surface area contributed by atoms with Crippen LogP contribution in [0.2, 0.25) is 0 Å². The molecule has 0 saturated carbocycles. The minimum absolute atomic E-state index is 0.0693. The van der Waals surface area contributed by atoms with Crippen LogP contribution in [0.4, 0.5) is 22.7 Å². The number of aromatic nitrogens is 1. The van der Waals surface area contributed by atoms with E-state index in [-0.39, 0.29) is 33.8 Å². The predicted molar refractivity (Wildman–Crippen MR) is 512 cm³/mol. The monoisotopic (exact) mass is 1520 g/mol. The smallest absolute Gasteiger partial charge is 0.252 e. The fraction of sp³-hybridized carbons (Fsp3) is 0.175. The van der Waals surface area contributed by atoms with E-state index in [1.165, 1.54) is 143 Å². The normalized spacial score (nSPS) is 13.0. The van der Waals surface area contributed by atoms with Gasteiger partial charge in [0.15, 0.2) is 0 Å². The van der Waals surface area contributed by atoms with Gasteiger partial charge in [0.2, 0.25) is 0 Å². The van der Waals surface area contributed by atoms with E-state index in [9.17, 15) is 0 Å². The zero-order valence-electron chi connectivity index (χ0n) is 70.6. The lowest BCUT2D eigenvalue weighted by Gasteiger charge is -2.38. The van der Waals surface area contributed by atoms with Crippen molar-refractivity contribution < 1.29 is 0 Å². The molecule has 0 unspecified atom stereocenters. The van der Waals surface area contributed by atoms with E-state index in [1.54, 1.807) is 0 Å². The fourth-order valence-electron chi connectivity index (χ4n) is 19.3. The molecule has 2 N–H and O–H groups in total. The molecule has 4 heteroatoms. The van der Waals surface area contributed by atoms with Gasteiger partial charge in [-0.3, -0.25) is 0 Å². The van der Waals surface area contributed by atoms with Crippen molar-refractivity contribution in [1.29, 1.82) is 0 Å². The molecule has 2 aliphatic heterocycles. The van der Waals surface area contributed by atoms with Crippen molar-refractivity contribution in [2.24, 2.45) is 0 Å². The van der Waals surface area contributed by atoms with Gasteiger partial charge < -0.3 is 15.2 Å². The number of fused-ring (bicyclic) bond motifs is 11. The predicted octanol–water partition coefficient (Wildman–Crippen LogP) is 29.9. The van der Waals surface area contributed by atoms with Crippen LogP contribution in [0.1, 0.15) is 132 Å². The summed E-state index contributed by atoms with van der Waals surface area (Å²) in [6.07, 6.45) is 0. The van der Waals surface area contributed by atoms with Crippen LogP contribution in [-0.2, 0) is 27.1 Å². The van der Waals surface area contributed by atoms with Crippen LogP contribution in [0.25, 0.3) is 160 Å². The first-order chi connectivity index (χ1) is 56.7. The van der Waals surface area contributed by atoms with Crippen LogP contribution >= 0.6 is 0 Å². The minimum atomic E-state index is -0.367. The average molecular weight is 1520 g/mol. The molecule has 0 radical (unpaired) electrons. The van der Waals surface area contributed by atoms with Gasteiger partial charge in [0, 0.05) is 44.6 Å². The van der Waals surface area contributed by atoms with Gasteiger partial charge in [-0.05, 0) is 235 Å². The summed E-state index contributed by atoms with van der Waals surface area (Å²) in [5.74, 6) is 0. The molecular weight excluding hydrogens is 1420 g/mol. The van der Waals surface area contributed by atoms with Gasteiger partial charge in [-0.1, -0.05) is 383 Å². The summed E-state index contributed by atoms with van der Waals surface area (Å²) in [4.78, 5) is 0. The molecule has 574 valence electrons. The van der Waals surface area contributed by atoms with E-state index in [2.05, 4.69) is 441 Å². The summed E-state index contributed by atoms with van der Waals surface area (Å²) in [7, 11) is 0. The molecule has 0 saturated heterocycles. The molecule has 1 aromatic heterocycles. The Morgan fingerprint density at radius 1 is 0.229 bits per heavy atom. The number of para-hydroxylation sites is 1. The van der Waals surface area contributed by atoms with Crippen molar-refractivity contribution in [3.05, 3.63) is 349 Å². The second-order valence-corrected chi connectivity index (χ2v) is 38.6. The van der Waals surface area contributed by atoms with Gasteiger partial charge in [0.1, 0.15) is 0 Å². The average Bonchev–Trinajstić information content (AvgIpc) is 0.962. The SMILES string of the molecule is CC(C)(C)c1cc(-c2cc3c(c(-c4c(-c5cccc6ccccc56)cccc4-c4cccc5ccccc45)c2)Nc2cc(-n4c5ccccc5c5cc(C(C)(C)C)ccc54)cc4c2B3c2cc(-c3cc(C(C)(C)C)cc(C(C)(C)C)c3)cc(-c3c(-c5cccc6ccccc56)cccc3-c3cccc5ccccc35)c2N4)cc(C(C)(C)C)c1.